The summed E-state index contributed by atoms with van der Waals surface area (Å²) in [4.78, 5) is 23.0. The van der Waals surface area contributed by atoms with Crippen LogP contribution in [0.4, 0.5) is 0 Å². The van der Waals surface area contributed by atoms with Gasteiger partial charge in [-0.25, -0.2) is 4.98 Å². The number of amides is 1. The van der Waals surface area contributed by atoms with Gasteiger partial charge in [0.1, 0.15) is 0 Å². The van der Waals surface area contributed by atoms with Crippen LogP contribution in [0.5, 0.6) is 5.88 Å². The molecule has 0 aromatic carbocycles. The molecule has 1 aliphatic heterocycles. The Labute approximate surface area is 146 Å². The van der Waals surface area contributed by atoms with E-state index in [2.05, 4.69) is 9.97 Å². The Bertz CT molecular complexity index is 710. The molecule has 2 aliphatic rings. The van der Waals surface area contributed by atoms with E-state index in [1.54, 1.807) is 24.7 Å². The van der Waals surface area contributed by atoms with Gasteiger partial charge in [0.2, 0.25) is 5.88 Å². The fraction of sp³-hybridized carbons (Fsp3) is 0.421. The first-order valence-corrected chi connectivity index (χ1v) is 8.67. The molecule has 1 saturated carbocycles. The van der Waals surface area contributed by atoms with Crippen molar-refractivity contribution in [3.8, 4) is 5.88 Å². The highest BCUT2D eigenvalue weighted by Gasteiger charge is 2.43. The molecule has 25 heavy (non-hydrogen) atoms. The van der Waals surface area contributed by atoms with Gasteiger partial charge in [-0.3, -0.25) is 9.78 Å². The standard InChI is InChI=1S/C19H21N3O3/c23-19(15-4-3-6-20-12-15)22-8-9-24-17-11-14(10-16(17)22)13-25-18-5-1-2-7-21-18/h1-7,12,14,16-17H,8-11,13H2/t14-,16+,17-/m1/s1. The molecule has 0 unspecified atom stereocenters. The molecule has 2 aromatic rings. The molecule has 1 saturated heterocycles. The van der Waals surface area contributed by atoms with Crippen molar-refractivity contribution in [3.63, 3.8) is 0 Å². The van der Waals surface area contributed by atoms with E-state index >= 15 is 0 Å². The molecule has 0 spiro atoms. The Morgan fingerprint density at radius 1 is 1.24 bits per heavy atom. The highest BCUT2D eigenvalue weighted by atomic mass is 16.5. The van der Waals surface area contributed by atoms with Crippen LogP contribution in [0.15, 0.2) is 48.9 Å². The number of carbonyl (C=O) groups is 1. The molecule has 3 heterocycles. The van der Waals surface area contributed by atoms with Gasteiger partial charge in [-0.15, -0.1) is 0 Å². The van der Waals surface area contributed by atoms with Crippen molar-refractivity contribution in [2.75, 3.05) is 19.8 Å². The molecule has 0 radical (unpaired) electrons. The first-order valence-electron chi connectivity index (χ1n) is 8.67. The Kier molecular flexibility index (Phi) is 4.61. The minimum Gasteiger partial charge on any atom is -0.477 e. The summed E-state index contributed by atoms with van der Waals surface area (Å²) in [5.41, 5.74) is 0.635. The summed E-state index contributed by atoms with van der Waals surface area (Å²) in [6, 6.07) is 9.36. The normalized spacial score (nSPS) is 25.4. The van der Waals surface area contributed by atoms with E-state index in [9.17, 15) is 4.79 Å². The Hall–Kier alpha value is -2.47. The molecule has 1 amide bonds. The zero-order chi connectivity index (χ0) is 17.1. The number of pyridine rings is 2. The molecule has 3 atom stereocenters. The summed E-state index contributed by atoms with van der Waals surface area (Å²) >= 11 is 0. The summed E-state index contributed by atoms with van der Waals surface area (Å²) in [6.07, 6.45) is 6.92. The second-order valence-corrected chi connectivity index (χ2v) is 6.53. The topological polar surface area (TPSA) is 64.6 Å². The van der Waals surface area contributed by atoms with Gasteiger partial charge in [-0.2, -0.15) is 0 Å². The number of hydrogen-bond acceptors (Lipinski definition) is 5. The van der Waals surface area contributed by atoms with Gasteiger partial charge in [0.15, 0.2) is 0 Å². The predicted molar refractivity (Wildman–Crippen MR) is 91.3 cm³/mol. The molecule has 2 aromatic heterocycles. The van der Waals surface area contributed by atoms with Gasteiger partial charge < -0.3 is 14.4 Å². The molecule has 6 nitrogen and oxygen atoms in total. The Morgan fingerprint density at radius 2 is 2.20 bits per heavy atom. The molecule has 2 fully saturated rings. The first kappa shape index (κ1) is 16.0. The van der Waals surface area contributed by atoms with Crippen molar-refractivity contribution in [1.29, 1.82) is 0 Å². The van der Waals surface area contributed by atoms with Crippen LogP contribution in [0.25, 0.3) is 0 Å². The molecular formula is C19H21N3O3. The fourth-order valence-electron chi connectivity index (χ4n) is 3.73. The maximum Gasteiger partial charge on any atom is 0.255 e. The van der Waals surface area contributed by atoms with E-state index < -0.39 is 0 Å². The lowest BCUT2D eigenvalue weighted by molar-refractivity contribution is -0.0448. The van der Waals surface area contributed by atoms with Crippen molar-refractivity contribution in [2.24, 2.45) is 5.92 Å². The molecule has 6 heteroatoms. The number of aromatic nitrogens is 2. The average molecular weight is 339 g/mol. The average Bonchev–Trinajstić information content (AvgIpc) is 3.10. The number of carbonyl (C=O) groups excluding carboxylic acids is 1. The lowest BCUT2D eigenvalue weighted by atomic mass is 10.1. The van der Waals surface area contributed by atoms with Crippen molar-refractivity contribution in [1.82, 2.24) is 14.9 Å². The van der Waals surface area contributed by atoms with Gasteiger partial charge >= 0.3 is 0 Å². The summed E-state index contributed by atoms with van der Waals surface area (Å²) in [7, 11) is 0. The van der Waals surface area contributed by atoms with Gasteiger partial charge in [-0.05, 0) is 37.0 Å². The third kappa shape index (κ3) is 3.49. The van der Waals surface area contributed by atoms with Gasteiger partial charge in [0.05, 0.1) is 30.9 Å². The van der Waals surface area contributed by atoms with Crippen molar-refractivity contribution >= 4 is 5.91 Å². The maximum absolute atomic E-state index is 12.8. The fourth-order valence-corrected chi connectivity index (χ4v) is 3.73. The van der Waals surface area contributed by atoms with Crippen LogP contribution >= 0.6 is 0 Å². The third-order valence-corrected chi connectivity index (χ3v) is 4.91. The number of rotatable bonds is 4. The highest BCUT2D eigenvalue weighted by Crippen LogP contribution is 2.35. The van der Waals surface area contributed by atoms with Crippen LogP contribution in [0.2, 0.25) is 0 Å². The van der Waals surface area contributed by atoms with E-state index in [4.69, 9.17) is 9.47 Å². The number of ether oxygens (including phenoxy) is 2. The van der Waals surface area contributed by atoms with E-state index in [-0.39, 0.29) is 18.1 Å². The Balaban J connectivity index is 1.41. The van der Waals surface area contributed by atoms with E-state index in [0.29, 0.717) is 37.1 Å². The van der Waals surface area contributed by atoms with Crippen molar-refractivity contribution < 1.29 is 14.3 Å². The summed E-state index contributed by atoms with van der Waals surface area (Å²) in [5, 5.41) is 0. The Morgan fingerprint density at radius 3 is 3.00 bits per heavy atom. The van der Waals surface area contributed by atoms with E-state index in [1.807, 2.05) is 29.2 Å². The summed E-state index contributed by atoms with van der Waals surface area (Å²) < 4.78 is 11.7. The van der Waals surface area contributed by atoms with Gasteiger partial charge in [-0.1, -0.05) is 6.07 Å². The van der Waals surface area contributed by atoms with Crippen LogP contribution in [-0.2, 0) is 4.74 Å². The number of hydrogen-bond donors (Lipinski definition) is 0. The number of fused-ring (bicyclic) bond motifs is 1. The van der Waals surface area contributed by atoms with E-state index in [1.165, 1.54) is 0 Å². The molecule has 0 N–H and O–H groups in total. The monoisotopic (exact) mass is 339 g/mol. The van der Waals surface area contributed by atoms with Crippen molar-refractivity contribution in [2.45, 2.75) is 25.0 Å². The van der Waals surface area contributed by atoms with Crippen LogP contribution in [0.1, 0.15) is 23.2 Å². The van der Waals surface area contributed by atoms with Gasteiger partial charge in [0.25, 0.3) is 5.91 Å². The van der Waals surface area contributed by atoms with Crippen LogP contribution in [0.3, 0.4) is 0 Å². The van der Waals surface area contributed by atoms with Crippen molar-refractivity contribution in [3.05, 3.63) is 54.5 Å². The van der Waals surface area contributed by atoms with Crippen LogP contribution in [-0.4, -0.2) is 52.7 Å². The third-order valence-electron chi connectivity index (χ3n) is 4.91. The quantitative estimate of drug-likeness (QED) is 0.854. The summed E-state index contributed by atoms with van der Waals surface area (Å²) in [6.45, 7) is 1.81. The molecular weight excluding hydrogens is 318 g/mol. The minimum absolute atomic E-state index is 0.0395. The molecule has 130 valence electrons. The van der Waals surface area contributed by atoms with Gasteiger partial charge in [0, 0.05) is 31.2 Å². The molecule has 4 rings (SSSR count). The molecule has 0 bridgehead atoms. The second kappa shape index (κ2) is 7.19. The number of morpholine rings is 1. The predicted octanol–water partition coefficient (Wildman–Crippen LogP) is 2.18. The molecule has 1 aliphatic carbocycles. The summed E-state index contributed by atoms with van der Waals surface area (Å²) in [5.74, 6) is 1.04. The smallest absolute Gasteiger partial charge is 0.255 e. The SMILES string of the molecule is O=C(c1cccnc1)N1CCO[C@@H]2C[C@H](COc3ccccn3)C[C@@H]21. The lowest BCUT2D eigenvalue weighted by Gasteiger charge is -2.37. The first-order chi connectivity index (χ1) is 12.3. The second-order valence-electron chi connectivity index (χ2n) is 6.53. The zero-order valence-corrected chi connectivity index (χ0v) is 14.0. The van der Waals surface area contributed by atoms with Crippen LogP contribution < -0.4 is 4.74 Å². The van der Waals surface area contributed by atoms with E-state index in [0.717, 1.165) is 12.8 Å². The van der Waals surface area contributed by atoms with Crippen LogP contribution in [0, 0.1) is 5.92 Å². The zero-order valence-electron chi connectivity index (χ0n) is 14.0. The largest absolute Gasteiger partial charge is 0.477 e. The number of nitrogens with zero attached hydrogens (tertiary/aromatic N) is 3. The highest BCUT2D eigenvalue weighted by molar-refractivity contribution is 5.94. The minimum atomic E-state index is 0.0395. The maximum atomic E-state index is 12.8. The lowest BCUT2D eigenvalue weighted by Crippen LogP contribution is -2.51.